The Hall–Kier alpha value is -3.09. The molecule has 0 atom stereocenters. The van der Waals surface area contributed by atoms with E-state index in [1.165, 1.54) is 18.1 Å². The van der Waals surface area contributed by atoms with Gasteiger partial charge in [-0.15, -0.1) is 0 Å². The third-order valence-electron chi connectivity index (χ3n) is 3.85. The Balaban J connectivity index is 2.16. The van der Waals surface area contributed by atoms with Gasteiger partial charge in [0.2, 0.25) is 5.91 Å². The number of benzene rings is 2. The van der Waals surface area contributed by atoms with Gasteiger partial charge in [-0.2, -0.15) is 0 Å². The van der Waals surface area contributed by atoms with Gasteiger partial charge in [0.05, 0.1) is 25.6 Å². The lowest BCUT2D eigenvalue weighted by Gasteiger charge is -2.20. The molecule has 0 aliphatic heterocycles. The molecule has 0 aromatic heterocycles. The minimum absolute atomic E-state index is 0.0417. The molecule has 0 bridgehead atoms. The van der Waals surface area contributed by atoms with Crippen LogP contribution >= 0.6 is 0 Å². The summed E-state index contributed by atoms with van der Waals surface area (Å²) in [4.78, 5) is 24.6. The normalized spacial score (nSPS) is 10.2. The molecule has 25 heavy (non-hydrogen) atoms. The maximum atomic E-state index is 12.5. The minimum Gasteiger partial charge on any atom is -0.493 e. The molecule has 0 fully saturated rings. The van der Waals surface area contributed by atoms with Crippen molar-refractivity contribution in [3.05, 3.63) is 63.7 Å². The summed E-state index contributed by atoms with van der Waals surface area (Å²) in [6, 6.07) is 11.7. The van der Waals surface area contributed by atoms with Crippen LogP contribution in [0.4, 0.5) is 5.69 Å². The molecule has 0 heterocycles. The number of carbonyl (C=O) groups is 1. The predicted octanol–water partition coefficient (Wildman–Crippen LogP) is 2.81. The summed E-state index contributed by atoms with van der Waals surface area (Å²) in [6.45, 7) is 0.305. The minimum atomic E-state index is -0.478. The van der Waals surface area contributed by atoms with Crippen molar-refractivity contribution in [2.45, 2.75) is 13.0 Å². The molecule has 0 aliphatic rings. The second-order valence-electron chi connectivity index (χ2n) is 5.47. The van der Waals surface area contributed by atoms with Gasteiger partial charge in [0.25, 0.3) is 5.69 Å². The Morgan fingerprint density at radius 2 is 1.76 bits per heavy atom. The molecule has 2 aromatic rings. The largest absolute Gasteiger partial charge is 0.493 e. The molecule has 0 aliphatic carbocycles. The molecule has 0 radical (unpaired) electrons. The van der Waals surface area contributed by atoms with Crippen LogP contribution < -0.4 is 9.47 Å². The molecule has 1 amide bonds. The van der Waals surface area contributed by atoms with E-state index in [2.05, 4.69) is 0 Å². The number of amides is 1. The number of ether oxygens (including phenoxy) is 2. The lowest BCUT2D eigenvalue weighted by Crippen LogP contribution is -2.28. The average Bonchev–Trinajstić information content (AvgIpc) is 2.61. The quantitative estimate of drug-likeness (QED) is 0.570. The second-order valence-corrected chi connectivity index (χ2v) is 5.47. The predicted molar refractivity (Wildman–Crippen MR) is 92.8 cm³/mol. The summed E-state index contributed by atoms with van der Waals surface area (Å²) in [6.07, 6.45) is -0.0417. The summed E-state index contributed by atoms with van der Waals surface area (Å²) < 4.78 is 10.6. The van der Waals surface area contributed by atoms with Crippen molar-refractivity contribution in [3.8, 4) is 11.5 Å². The van der Waals surface area contributed by atoms with Crippen LogP contribution in [0.5, 0.6) is 11.5 Å². The molecule has 0 saturated carbocycles. The Morgan fingerprint density at radius 1 is 1.08 bits per heavy atom. The first-order valence-corrected chi connectivity index (χ1v) is 7.64. The number of nitrogens with zero attached hydrogens (tertiary/aromatic N) is 2. The topological polar surface area (TPSA) is 81.9 Å². The van der Waals surface area contributed by atoms with Crippen LogP contribution in [-0.2, 0) is 17.8 Å². The number of likely N-dealkylation sites (N-methyl/N-ethyl adjacent to an activating group) is 1. The lowest BCUT2D eigenvalue weighted by molar-refractivity contribution is -0.385. The van der Waals surface area contributed by atoms with E-state index < -0.39 is 4.92 Å². The number of nitro groups is 1. The number of hydrogen-bond acceptors (Lipinski definition) is 5. The van der Waals surface area contributed by atoms with Crippen molar-refractivity contribution in [2.24, 2.45) is 0 Å². The number of nitro benzene ring substituents is 1. The zero-order valence-corrected chi connectivity index (χ0v) is 14.4. The molecule has 0 spiro atoms. The van der Waals surface area contributed by atoms with Crippen molar-refractivity contribution >= 4 is 11.6 Å². The smallest absolute Gasteiger partial charge is 0.273 e. The third-order valence-corrected chi connectivity index (χ3v) is 3.85. The third kappa shape index (κ3) is 4.26. The highest BCUT2D eigenvalue weighted by atomic mass is 16.6. The van der Waals surface area contributed by atoms with Gasteiger partial charge in [0, 0.05) is 30.8 Å². The lowest BCUT2D eigenvalue weighted by atomic mass is 10.1. The van der Waals surface area contributed by atoms with Crippen molar-refractivity contribution in [1.29, 1.82) is 0 Å². The van der Waals surface area contributed by atoms with Crippen molar-refractivity contribution in [1.82, 2.24) is 4.90 Å². The highest BCUT2D eigenvalue weighted by molar-refractivity contribution is 5.79. The molecule has 0 saturated heterocycles. The van der Waals surface area contributed by atoms with Crippen molar-refractivity contribution in [2.75, 3.05) is 21.3 Å². The molecule has 132 valence electrons. The van der Waals surface area contributed by atoms with E-state index in [4.69, 9.17) is 9.47 Å². The van der Waals surface area contributed by atoms with E-state index in [0.717, 1.165) is 5.56 Å². The molecule has 7 nitrogen and oxygen atoms in total. The Morgan fingerprint density at radius 3 is 2.40 bits per heavy atom. The first kappa shape index (κ1) is 18.3. The molecule has 2 aromatic carbocycles. The average molecular weight is 344 g/mol. The Bertz CT molecular complexity index is 776. The van der Waals surface area contributed by atoms with Crippen LogP contribution in [0.3, 0.4) is 0 Å². The highest BCUT2D eigenvalue weighted by Gasteiger charge is 2.19. The summed E-state index contributed by atoms with van der Waals surface area (Å²) in [5, 5.41) is 11.1. The van der Waals surface area contributed by atoms with Crippen LogP contribution in [0.2, 0.25) is 0 Å². The molecular formula is C18H20N2O5. The highest BCUT2D eigenvalue weighted by Crippen LogP contribution is 2.31. The summed E-state index contributed by atoms with van der Waals surface area (Å²) in [5.41, 5.74) is 1.13. The van der Waals surface area contributed by atoms with Gasteiger partial charge in [-0.1, -0.05) is 30.3 Å². The zero-order valence-electron chi connectivity index (χ0n) is 14.4. The van der Waals surface area contributed by atoms with E-state index in [0.29, 0.717) is 23.6 Å². The summed E-state index contributed by atoms with van der Waals surface area (Å²) in [7, 11) is 4.73. The maximum absolute atomic E-state index is 12.5. The van der Waals surface area contributed by atoms with Gasteiger partial charge < -0.3 is 14.4 Å². The van der Waals surface area contributed by atoms with Crippen LogP contribution in [0.25, 0.3) is 0 Å². The van der Waals surface area contributed by atoms with E-state index in [-0.39, 0.29) is 18.0 Å². The number of para-hydroxylation sites is 2. The van der Waals surface area contributed by atoms with Gasteiger partial charge in [0.1, 0.15) is 0 Å². The number of methoxy groups -OCH3 is 2. The zero-order chi connectivity index (χ0) is 18.4. The fraction of sp³-hybridized carbons (Fsp3) is 0.278. The fourth-order valence-corrected chi connectivity index (χ4v) is 2.56. The Kier molecular flexibility index (Phi) is 5.94. The number of carbonyl (C=O) groups excluding carboxylic acids is 1. The maximum Gasteiger partial charge on any atom is 0.273 e. The Labute approximate surface area is 145 Å². The van der Waals surface area contributed by atoms with Crippen molar-refractivity contribution in [3.63, 3.8) is 0 Å². The summed E-state index contributed by atoms with van der Waals surface area (Å²) >= 11 is 0. The van der Waals surface area contributed by atoms with Gasteiger partial charge in [-0.3, -0.25) is 14.9 Å². The number of rotatable bonds is 7. The fourth-order valence-electron chi connectivity index (χ4n) is 2.56. The molecule has 2 rings (SSSR count). The van der Waals surface area contributed by atoms with Crippen LogP contribution in [0.15, 0.2) is 42.5 Å². The van der Waals surface area contributed by atoms with E-state index in [1.807, 2.05) is 12.1 Å². The molecule has 0 N–H and O–H groups in total. The summed E-state index contributed by atoms with van der Waals surface area (Å²) in [5.74, 6) is 0.925. The first-order valence-electron chi connectivity index (χ1n) is 7.64. The second kappa shape index (κ2) is 8.14. The van der Waals surface area contributed by atoms with Crippen LogP contribution in [-0.4, -0.2) is 37.0 Å². The standard InChI is InChI=1S/C18H20N2O5/c1-19(12-14-8-6-10-16(24-2)18(14)25-3)17(21)11-13-7-4-5-9-15(13)20(22)23/h4-10H,11-12H2,1-3H3. The molecule has 7 heteroatoms. The van der Waals surface area contributed by atoms with E-state index in [1.54, 1.807) is 38.4 Å². The van der Waals surface area contributed by atoms with E-state index in [9.17, 15) is 14.9 Å². The SMILES string of the molecule is COc1cccc(CN(C)C(=O)Cc2ccccc2[N+](=O)[O-])c1OC. The molecule has 0 unspecified atom stereocenters. The van der Waals surface area contributed by atoms with Crippen LogP contribution in [0.1, 0.15) is 11.1 Å². The van der Waals surface area contributed by atoms with Crippen LogP contribution in [0, 0.1) is 10.1 Å². The van der Waals surface area contributed by atoms with E-state index >= 15 is 0 Å². The first-order chi connectivity index (χ1) is 12.0. The number of hydrogen-bond donors (Lipinski definition) is 0. The van der Waals surface area contributed by atoms with Gasteiger partial charge in [0.15, 0.2) is 11.5 Å². The van der Waals surface area contributed by atoms with Gasteiger partial charge in [-0.05, 0) is 6.07 Å². The molecular weight excluding hydrogens is 324 g/mol. The van der Waals surface area contributed by atoms with Gasteiger partial charge in [-0.25, -0.2) is 0 Å². The monoisotopic (exact) mass is 344 g/mol. The van der Waals surface area contributed by atoms with Crippen molar-refractivity contribution < 1.29 is 19.2 Å². The van der Waals surface area contributed by atoms with Gasteiger partial charge >= 0.3 is 0 Å².